The molecular formula is C24H22N4O5S. The van der Waals surface area contributed by atoms with Crippen molar-refractivity contribution in [2.24, 2.45) is 0 Å². The van der Waals surface area contributed by atoms with E-state index in [9.17, 15) is 14.4 Å². The number of nitrogens with zero attached hydrogens (tertiary/aromatic N) is 3. The fourth-order valence-electron chi connectivity index (χ4n) is 3.59. The minimum Gasteiger partial charge on any atom is -0.465 e. The van der Waals surface area contributed by atoms with Gasteiger partial charge in [0.2, 0.25) is 0 Å². The van der Waals surface area contributed by atoms with Crippen LogP contribution in [0.25, 0.3) is 22.2 Å². The van der Waals surface area contributed by atoms with Gasteiger partial charge in [0.15, 0.2) is 0 Å². The van der Waals surface area contributed by atoms with Gasteiger partial charge in [0, 0.05) is 23.7 Å². The van der Waals surface area contributed by atoms with Crippen molar-refractivity contribution in [3.8, 4) is 11.3 Å². The molecule has 4 aromatic rings. The van der Waals surface area contributed by atoms with Gasteiger partial charge < -0.3 is 14.8 Å². The number of fused-ring (bicyclic) bond motifs is 1. The molecule has 0 atom stereocenters. The fraction of sp³-hybridized carbons (Fsp3) is 0.208. The van der Waals surface area contributed by atoms with Crippen LogP contribution in [0.5, 0.6) is 0 Å². The van der Waals surface area contributed by atoms with Crippen LogP contribution in [0.4, 0.5) is 5.00 Å². The maximum Gasteiger partial charge on any atom is 0.348 e. The van der Waals surface area contributed by atoms with Gasteiger partial charge in [-0.25, -0.2) is 14.6 Å². The average molecular weight is 479 g/mol. The second kappa shape index (κ2) is 9.44. The van der Waals surface area contributed by atoms with E-state index in [1.807, 2.05) is 31.3 Å². The SMILES string of the molecule is CCn1cc(-c2cc(C(=O)Nc3sc(C(=O)OC)c(C)c3C(=O)OC)c3ccccc3n2)cn1. The smallest absolute Gasteiger partial charge is 0.348 e. The molecule has 0 aliphatic rings. The number of benzene rings is 1. The van der Waals surface area contributed by atoms with E-state index in [0.717, 1.165) is 16.9 Å². The molecule has 0 aliphatic heterocycles. The van der Waals surface area contributed by atoms with Gasteiger partial charge in [-0.3, -0.25) is 9.48 Å². The number of thiophene rings is 1. The maximum absolute atomic E-state index is 13.5. The second-order valence-corrected chi connectivity index (χ2v) is 8.38. The molecule has 0 fully saturated rings. The van der Waals surface area contributed by atoms with Crippen LogP contribution < -0.4 is 5.32 Å². The number of anilines is 1. The van der Waals surface area contributed by atoms with Crippen LogP contribution in [-0.4, -0.2) is 46.8 Å². The Morgan fingerprint density at radius 1 is 1.12 bits per heavy atom. The molecule has 3 aromatic heterocycles. The number of hydrogen-bond acceptors (Lipinski definition) is 8. The van der Waals surface area contributed by atoms with E-state index in [1.165, 1.54) is 14.2 Å². The van der Waals surface area contributed by atoms with E-state index >= 15 is 0 Å². The number of para-hydroxylation sites is 1. The van der Waals surface area contributed by atoms with E-state index in [0.29, 0.717) is 34.3 Å². The van der Waals surface area contributed by atoms with Crippen molar-refractivity contribution in [3.63, 3.8) is 0 Å². The molecule has 34 heavy (non-hydrogen) atoms. The lowest BCUT2D eigenvalue weighted by atomic mass is 10.0. The summed E-state index contributed by atoms with van der Waals surface area (Å²) >= 11 is 0.962. The quantitative estimate of drug-likeness (QED) is 0.411. The van der Waals surface area contributed by atoms with Gasteiger partial charge in [-0.1, -0.05) is 18.2 Å². The summed E-state index contributed by atoms with van der Waals surface area (Å²) in [4.78, 5) is 43.0. The van der Waals surface area contributed by atoms with Crippen LogP contribution in [0.2, 0.25) is 0 Å². The monoisotopic (exact) mass is 478 g/mol. The molecule has 0 spiro atoms. The molecule has 1 aromatic carbocycles. The third-order valence-electron chi connectivity index (χ3n) is 5.35. The largest absolute Gasteiger partial charge is 0.465 e. The highest BCUT2D eigenvalue weighted by Crippen LogP contribution is 2.35. The molecule has 0 saturated heterocycles. The molecule has 4 rings (SSSR count). The molecule has 0 unspecified atom stereocenters. The number of amides is 1. The van der Waals surface area contributed by atoms with Crippen molar-refractivity contribution in [1.82, 2.24) is 14.8 Å². The Hall–Kier alpha value is -4.05. The number of esters is 2. The lowest BCUT2D eigenvalue weighted by Gasteiger charge is -2.10. The molecular weight excluding hydrogens is 456 g/mol. The number of aryl methyl sites for hydroxylation is 1. The molecule has 0 saturated carbocycles. The summed E-state index contributed by atoms with van der Waals surface area (Å²) in [5, 5.41) is 7.94. The highest BCUT2D eigenvalue weighted by molar-refractivity contribution is 7.18. The van der Waals surface area contributed by atoms with E-state index in [4.69, 9.17) is 9.47 Å². The second-order valence-electron chi connectivity index (χ2n) is 7.35. The summed E-state index contributed by atoms with van der Waals surface area (Å²) < 4.78 is 11.5. The Morgan fingerprint density at radius 2 is 1.85 bits per heavy atom. The zero-order valence-electron chi connectivity index (χ0n) is 19.0. The van der Waals surface area contributed by atoms with Gasteiger partial charge >= 0.3 is 11.9 Å². The summed E-state index contributed by atoms with van der Waals surface area (Å²) in [6, 6.07) is 8.98. The van der Waals surface area contributed by atoms with Crippen molar-refractivity contribution >= 4 is 45.1 Å². The zero-order valence-corrected chi connectivity index (χ0v) is 19.9. The van der Waals surface area contributed by atoms with Gasteiger partial charge in [0.05, 0.1) is 42.8 Å². The first-order valence-electron chi connectivity index (χ1n) is 10.4. The number of pyridine rings is 1. The summed E-state index contributed by atoms with van der Waals surface area (Å²) in [6.45, 7) is 4.29. The fourth-order valence-corrected chi connectivity index (χ4v) is 4.70. The Labute approximate surface area is 199 Å². The van der Waals surface area contributed by atoms with Crippen molar-refractivity contribution in [2.45, 2.75) is 20.4 Å². The van der Waals surface area contributed by atoms with Crippen LogP contribution in [0, 0.1) is 6.92 Å². The van der Waals surface area contributed by atoms with Crippen LogP contribution in [0.1, 0.15) is 42.9 Å². The number of carbonyl (C=O) groups is 3. The maximum atomic E-state index is 13.5. The standard InChI is InChI=1S/C24H22N4O5S/c1-5-28-12-14(11-25-28)18-10-16(15-8-6-7-9-17(15)26-18)21(29)27-22-19(23(30)32-3)13(2)20(34-22)24(31)33-4/h6-12H,5H2,1-4H3,(H,27,29). The first-order chi connectivity index (χ1) is 16.4. The lowest BCUT2D eigenvalue weighted by Crippen LogP contribution is -2.15. The highest BCUT2D eigenvalue weighted by Gasteiger charge is 2.27. The number of carbonyl (C=O) groups excluding carboxylic acids is 3. The van der Waals surface area contributed by atoms with E-state index < -0.39 is 17.8 Å². The molecule has 10 heteroatoms. The van der Waals surface area contributed by atoms with Crippen LogP contribution >= 0.6 is 11.3 Å². The van der Waals surface area contributed by atoms with Crippen LogP contribution in [0.15, 0.2) is 42.7 Å². The zero-order chi connectivity index (χ0) is 24.4. The Morgan fingerprint density at radius 3 is 2.53 bits per heavy atom. The molecule has 3 heterocycles. The van der Waals surface area contributed by atoms with Crippen molar-refractivity contribution in [1.29, 1.82) is 0 Å². The van der Waals surface area contributed by atoms with Crippen LogP contribution in [-0.2, 0) is 16.0 Å². The highest BCUT2D eigenvalue weighted by atomic mass is 32.1. The van der Waals surface area contributed by atoms with Crippen molar-refractivity contribution in [2.75, 3.05) is 19.5 Å². The first kappa shape index (κ1) is 23.1. The normalized spacial score (nSPS) is 10.8. The molecule has 0 bridgehead atoms. The Kier molecular flexibility index (Phi) is 6.42. The van der Waals surface area contributed by atoms with E-state index in [1.54, 1.807) is 29.9 Å². The van der Waals surface area contributed by atoms with Gasteiger partial charge in [0.25, 0.3) is 5.91 Å². The minimum atomic E-state index is -0.661. The summed E-state index contributed by atoms with van der Waals surface area (Å²) in [5.41, 5.74) is 2.87. The van der Waals surface area contributed by atoms with Gasteiger partial charge in [0.1, 0.15) is 9.88 Å². The minimum absolute atomic E-state index is 0.115. The summed E-state index contributed by atoms with van der Waals surface area (Å²) in [6.07, 6.45) is 3.56. The third-order valence-corrected chi connectivity index (χ3v) is 6.54. The number of methoxy groups -OCH3 is 2. The van der Waals surface area contributed by atoms with E-state index in [-0.39, 0.29) is 15.4 Å². The van der Waals surface area contributed by atoms with Crippen LogP contribution in [0.3, 0.4) is 0 Å². The topological polar surface area (TPSA) is 112 Å². The lowest BCUT2D eigenvalue weighted by molar-refractivity contribution is 0.0601. The number of ether oxygens (including phenoxy) is 2. The van der Waals surface area contributed by atoms with E-state index in [2.05, 4.69) is 15.4 Å². The number of nitrogens with one attached hydrogen (secondary N) is 1. The molecule has 0 radical (unpaired) electrons. The summed E-state index contributed by atoms with van der Waals surface area (Å²) in [7, 11) is 2.49. The number of hydrogen-bond donors (Lipinski definition) is 1. The molecule has 1 N–H and O–H groups in total. The predicted molar refractivity (Wildman–Crippen MR) is 128 cm³/mol. The molecule has 174 valence electrons. The Bertz CT molecular complexity index is 1420. The number of aromatic nitrogens is 3. The average Bonchev–Trinajstić information content (AvgIpc) is 3.47. The molecule has 9 nitrogen and oxygen atoms in total. The third kappa shape index (κ3) is 4.15. The van der Waals surface area contributed by atoms with Gasteiger partial charge in [-0.15, -0.1) is 11.3 Å². The first-order valence-corrected chi connectivity index (χ1v) is 11.2. The number of rotatable bonds is 6. The molecule has 0 aliphatic carbocycles. The Balaban J connectivity index is 1.81. The van der Waals surface area contributed by atoms with Crippen molar-refractivity contribution in [3.05, 3.63) is 64.3 Å². The summed E-state index contributed by atoms with van der Waals surface area (Å²) in [5.74, 6) is -1.71. The molecule has 1 amide bonds. The van der Waals surface area contributed by atoms with Gasteiger partial charge in [-0.2, -0.15) is 5.10 Å². The van der Waals surface area contributed by atoms with Crippen molar-refractivity contribution < 1.29 is 23.9 Å². The van der Waals surface area contributed by atoms with Gasteiger partial charge in [-0.05, 0) is 31.5 Å². The predicted octanol–water partition coefficient (Wildman–Crippen LogP) is 4.31.